The Morgan fingerprint density at radius 3 is 2.28 bits per heavy atom. The summed E-state index contributed by atoms with van der Waals surface area (Å²) in [7, 11) is 0. The highest BCUT2D eigenvalue weighted by Gasteiger charge is 2.25. The molecule has 3 nitrogen and oxygen atoms in total. The van der Waals surface area contributed by atoms with Crippen molar-refractivity contribution in [3.8, 4) is 0 Å². The number of rotatable bonds is 6. The predicted octanol–water partition coefficient (Wildman–Crippen LogP) is 2.71. The number of carbonyl (C=O) groups is 1. The lowest BCUT2D eigenvalue weighted by Crippen LogP contribution is -2.47. The van der Waals surface area contributed by atoms with E-state index in [-0.39, 0.29) is 11.9 Å². The molecule has 1 unspecified atom stereocenters. The van der Waals surface area contributed by atoms with Gasteiger partial charge in [-0.3, -0.25) is 4.79 Å². The summed E-state index contributed by atoms with van der Waals surface area (Å²) >= 11 is 0. The van der Waals surface area contributed by atoms with Crippen LogP contribution in [0.4, 0.5) is 0 Å². The fourth-order valence-electron chi connectivity index (χ4n) is 2.78. The van der Waals surface area contributed by atoms with E-state index in [1.165, 1.54) is 25.7 Å². The van der Waals surface area contributed by atoms with E-state index in [1.807, 2.05) is 6.92 Å². The molecule has 1 saturated carbocycles. The van der Waals surface area contributed by atoms with E-state index in [2.05, 4.69) is 31.4 Å². The molecule has 0 radical (unpaired) electrons. The van der Waals surface area contributed by atoms with Crippen molar-refractivity contribution in [3.63, 3.8) is 0 Å². The maximum absolute atomic E-state index is 11.8. The van der Waals surface area contributed by atoms with E-state index in [0.717, 1.165) is 24.8 Å². The molecule has 0 aromatic carbocycles. The van der Waals surface area contributed by atoms with Crippen LogP contribution < -0.4 is 10.6 Å². The standard InChI is InChI=1S/C15H30N2O/c1-5-10-16-15(18)12(4)17-14-8-6-13(7-9-14)11(2)3/h11-14,17H,5-10H2,1-4H3,(H,16,18). The lowest BCUT2D eigenvalue weighted by atomic mass is 9.79. The average molecular weight is 254 g/mol. The minimum absolute atomic E-state index is 0.0582. The van der Waals surface area contributed by atoms with Gasteiger partial charge in [-0.05, 0) is 50.9 Å². The van der Waals surface area contributed by atoms with Crippen LogP contribution in [0.15, 0.2) is 0 Å². The number of nitrogens with one attached hydrogen (secondary N) is 2. The maximum atomic E-state index is 11.8. The molecule has 3 heteroatoms. The minimum Gasteiger partial charge on any atom is -0.355 e. The Kier molecular flexibility index (Phi) is 6.69. The van der Waals surface area contributed by atoms with Gasteiger partial charge in [0.2, 0.25) is 5.91 Å². The van der Waals surface area contributed by atoms with E-state index < -0.39 is 0 Å². The molecule has 0 saturated heterocycles. The lowest BCUT2D eigenvalue weighted by molar-refractivity contribution is -0.123. The first-order valence-corrected chi connectivity index (χ1v) is 7.58. The normalized spacial score (nSPS) is 26.1. The van der Waals surface area contributed by atoms with E-state index >= 15 is 0 Å². The van der Waals surface area contributed by atoms with Crippen molar-refractivity contribution in [2.24, 2.45) is 11.8 Å². The zero-order valence-corrected chi connectivity index (χ0v) is 12.5. The number of amides is 1. The van der Waals surface area contributed by atoms with Crippen molar-refractivity contribution in [3.05, 3.63) is 0 Å². The lowest BCUT2D eigenvalue weighted by Gasteiger charge is -2.32. The smallest absolute Gasteiger partial charge is 0.236 e. The zero-order valence-electron chi connectivity index (χ0n) is 12.5. The Bertz CT molecular complexity index is 245. The van der Waals surface area contributed by atoms with Gasteiger partial charge in [0.25, 0.3) is 0 Å². The summed E-state index contributed by atoms with van der Waals surface area (Å²) in [6, 6.07) is 0.472. The van der Waals surface area contributed by atoms with Crippen molar-refractivity contribution in [1.29, 1.82) is 0 Å². The zero-order chi connectivity index (χ0) is 13.5. The topological polar surface area (TPSA) is 41.1 Å². The Morgan fingerprint density at radius 2 is 1.78 bits per heavy atom. The molecule has 1 rings (SSSR count). The summed E-state index contributed by atoms with van der Waals surface area (Å²) < 4.78 is 0. The highest BCUT2D eigenvalue weighted by molar-refractivity contribution is 5.81. The molecule has 18 heavy (non-hydrogen) atoms. The Balaban J connectivity index is 2.25. The second-order valence-corrected chi connectivity index (χ2v) is 6.04. The molecule has 1 atom stereocenters. The fourth-order valence-corrected chi connectivity index (χ4v) is 2.78. The summed E-state index contributed by atoms with van der Waals surface area (Å²) in [5.74, 6) is 1.83. The Labute approximate surface area is 112 Å². The molecule has 106 valence electrons. The van der Waals surface area contributed by atoms with Gasteiger partial charge in [-0.1, -0.05) is 20.8 Å². The number of hydrogen-bond acceptors (Lipinski definition) is 2. The molecule has 0 heterocycles. The van der Waals surface area contributed by atoms with Crippen molar-refractivity contribution in [2.45, 2.75) is 71.9 Å². The van der Waals surface area contributed by atoms with E-state index in [1.54, 1.807) is 0 Å². The van der Waals surface area contributed by atoms with Crippen LogP contribution >= 0.6 is 0 Å². The summed E-state index contributed by atoms with van der Waals surface area (Å²) in [4.78, 5) is 11.8. The first-order chi connectivity index (χ1) is 8.54. The summed E-state index contributed by atoms with van der Waals surface area (Å²) in [6.45, 7) is 9.47. The molecular formula is C15H30N2O. The average Bonchev–Trinajstić information content (AvgIpc) is 2.36. The highest BCUT2D eigenvalue weighted by Crippen LogP contribution is 2.29. The van der Waals surface area contributed by atoms with E-state index in [0.29, 0.717) is 6.04 Å². The second-order valence-electron chi connectivity index (χ2n) is 6.04. The summed E-state index contributed by atoms with van der Waals surface area (Å²) in [6.07, 6.45) is 6.04. The van der Waals surface area contributed by atoms with Crippen molar-refractivity contribution in [1.82, 2.24) is 10.6 Å². The largest absolute Gasteiger partial charge is 0.355 e. The van der Waals surface area contributed by atoms with Gasteiger partial charge in [0.05, 0.1) is 6.04 Å². The Hall–Kier alpha value is -0.570. The maximum Gasteiger partial charge on any atom is 0.236 e. The van der Waals surface area contributed by atoms with Crippen LogP contribution in [0.2, 0.25) is 0 Å². The predicted molar refractivity (Wildman–Crippen MR) is 76.5 cm³/mol. The SMILES string of the molecule is CCCNC(=O)C(C)NC1CCC(C(C)C)CC1. The molecule has 0 bridgehead atoms. The van der Waals surface area contributed by atoms with Gasteiger partial charge >= 0.3 is 0 Å². The molecule has 2 N–H and O–H groups in total. The first-order valence-electron chi connectivity index (χ1n) is 7.58. The quantitative estimate of drug-likeness (QED) is 0.765. The van der Waals surface area contributed by atoms with Crippen molar-refractivity contribution >= 4 is 5.91 Å². The number of hydrogen-bond donors (Lipinski definition) is 2. The van der Waals surface area contributed by atoms with Crippen LogP contribution in [0.1, 0.15) is 59.8 Å². The van der Waals surface area contributed by atoms with Gasteiger partial charge in [-0.15, -0.1) is 0 Å². The van der Waals surface area contributed by atoms with Crippen LogP contribution in [0.5, 0.6) is 0 Å². The van der Waals surface area contributed by atoms with Gasteiger partial charge in [0.15, 0.2) is 0 Å². The molecular weight excluding hydrogens is 224 g/mol. The third-order valence-electron chi connectivity index (χ3n) is 4.14. The minimum atomic E-state index is -0.0582. The molecule has 1 aliphatic carbocycles. The fraction of sp³-hybridized carbons (Fsp3) is 0.933. The first kappa shape index (κ1) is 15.5. The van der Waals surface area contributed by atoms with Crippen LogP contribution in [-0.2, 0) is 4.79 Å². The molecule has 0 spiro atoms. The number of carbonyl (C=O) groups excluding carboxylic acids is 1. The third-order valence-corrected chi connectivity index (χ3v) is 4.14. The van der Waals surface area contributed by atoms with Gasteiger partial charge < -0.3 is 10.6 Å². The van der Waals surface area contributed by atoms with Crippen LogP contribution in [0, 0.1) is 11.8 Å². The van der Waals surface area contributed by atoms with E-state index in [9.17, 15) is 4.79 Å². The molecule has 1 aliphatic rings. The van der Waals surface area contributed by atoms with Gasteiger partial charge in [0, 0.05) is 12.6 Å². The summed E-state index contributed by atoms with van der Waals surface area (Å²) in [5, 5.41) is 6.42. The monoisotopic (exact) mass is 254 g/mol. The van der Waals surface area contributed by atoms with Crippen molar-refractivity contribution < 1.29 is 4.79 Å². The van der Waals surface area contributed by atoms with Gasteiger partial charge in [-0.25, -0.2) is 0 Å². The molecule has 0 aliphatic heterocycles. The highest BCUT2D eigenvalue weighted by atomic mass is 16.2. The second kappa shape index (κ2) is 7.78. The molecule has 0 aromatic rings. The molecule has 1 amide bonds. The van der Waals surface area contributed by atoms with Gasteiger partial charge in [0.1, 0.15) is 0 Å². The van der Waals surface area contributed by atoms with Crippen molar-refractivity contribution in [2.75, 3.05) is 6.54 Å². The van der Waals surface area contributed by atoms with Crippen LogP contribution in [0.3, 0.4) is 0 Å². The third kappa shape index (κ3) is 4.97. The van der Waals surface area contributed by atoms with E-state index in [4.69, 9.17) is 0 Å². The van der Waals surface area contributed by atoms with Crippen LogP contribution in [0.25, 0.3) is 0 Å². The Morgan fingerprint density at radius 1 is 1.17 bits per heavy atom. The van der Waals surface area contributed by atoms with Gasteiger partial charge in [-0.2, -0.15) is 0 Å². The molecule has 0 aromatic heterocycles. The summed E-state index contributed by atoms with van der Waals surface area (Å²) in [5.41, 5.74) is 0. The molecule has 1 fully saturated rings. The van der Waals surface area contributed by atoms with Crippen LogP contribution in [-0.4, -0.2) is 24.5 Å².